The van der Waals surface area contributed by atoms with E-state index in [1.165, 1.54) is 7.11 Å². The van der Waals surface area contributed by atoms with Crippen LogP contribution < -0.4 is 14.8 Å². The van der Waals surface area contributed by atoms with E-state index in [0.29, 0.717) is 40.2 Å². The molecule has 5 nitrogen and oxygen atoms in total. The van der Waals surface area contributed by atoms with E-state index in [0.717, 1.165) is 12.8 Å². The summed E-state index contributed by atoms with van der Waals surface area (Å²) in [5.74, 6) is 1.54. The lowest BCUT2D eigenvalue weighted by molar-refractivity contribution is 0.0864. The van der Waals surface area contributed by atoms with Gasteiger partial charge in [0.15, 0.2) is 5.78 Å². The number of ether oxygens (including phenoxy) is 2. The molecule has 0 aliphatic carbocycles. The van der Waals surface area contributed by atoms with Gasteiger partial charge in [0.1, 0.15) is 28.9 Å². The number of nitriles is 1. The highest BCUT2D eigenvalue weighted by Gasteiger charge is 2.38. The zero-order valence-electron chi connectivity index (χ0n) is 18.7. The van der Waals surface area contributed by atoms with E-state index in [9.17, 15) is 10.1 Å². The van der Waals surface area contributed by atoms with Gasteiger partial charge in [0.25, 0.3) is 0 Å². The number of hydrogen-bond acceptors (Lipinski definition) is 5. The smallest absolute Gasteiger partial charge is 0.163 e. The van der Waals surface area contributed by atoms with Crippen LogP contribution in [0.25, 0.3) is 0 Å². The molecule has 1 fully saturated rings. The van der Waals surface area contributed by atoms with Gasteiger partial charge in [-0.1, -0.05) is 17.7 Å². The molecule has 1 aliphatic heterocycles. The van der Waals surface area contributed by atoms with Gasteiger partial charge in [-0.15, -0.1) is 0 Å². The number of benzene rings is 2. The van der Waals surface area contributed by atoms with Crippen LogP contribution in [-0.4, -0.2) is 24.0 Å². The molecule has 0 atom stereocenters. The van der Waals surface area contributed by atoms with E-state index in [2.05, 4.69) is 39.1 Å². The molecule has 0 unspecified atom stereocenters. The first-order valence-electron chi connectivity index (χ1n) is 10.4. The molecule has 1 saturated heterocycles. The maximum Gasteiger partial charge on any atom is 0.163 e. The number of nitrogens with zero attached hydrogens (tertiary/aromatic N) is 1. The van der Waals surface area contributed by atoms with Crippen molar-refractivity contribution in [2.75, 3.05) is 7.11 Å². The van der Waals surface area contributed by atoms with Crippen molar-refractivity contribution in [2.24, 2.45) is 5.92 Å². The van der Waals surface area contributed by atoms with Crippen LogP contribution in [0.15, 0.2) is 36.4 Å². The predicted molar refractivity (Wildman–Crippen MR) is 122 cm³/mol. The van der Waals surface area contributed by atoms with Crippen molar-refractivity contribution in [3.05, 3.63) is 52.5 Å². The number of rotatable bonds is 6. The summed E-state index contributed by atoms with van der Waals surface area (Å²) in [4.78, 5) is 13.0. The summed E-state index contributed by atoms with van der Waals surface area (Å²) < 4.78 is 11.1. The van der Waals surface area contributed by atoms with Crippen LogP contribution in [0.1, 0.15) is 62.9 Å². The van der Waals surface area contributed by atoms with Gasteiger partial charge in [0, 0.05) is 23.1 Å². The zero-order chi connectivity index (χ0) is 22.8. The molecule has 31 heavy (non-hydrogen) atoms. The topological polar surface area (TPSA) is 71.3 Å². The van der Waals surface area contributed by atoms with Crippen molar-refractivity contribution >= 4 is 17.4 Å². The molecule has 0 radical (unpaired) electrons. The van der Waals surface area contributed by atoms with Gasteiger partial charge < -0.3 is 14.8 Å². The number of nitrogens with one attached hydrogen (secondary N) is 1. The number of carbonyl (C=O) groups is 1. The van der Waals surface area contributed by atoms with E-state index in [1.807, 2.05) is 0 Å². The van der Waals surface area contributed by atoms with Gasteiger partial charge in [-0.2, -0.15) is 5.26 Å². The Hall–Kier alpha value is -2.55. The Bertz CT molecular complexity index is 1010. The van der Waals surface area contributed by atoms with E-state index in [4.69, 9.17) is 21.1 Å². The SMILES string of the molecule is COc1cccc(Oc2ccc(C(=O)CC3CC(C)(C)NC(C)(C)C3)cc2Cl)c1C#N. The van der Waals surface area contributed by atoms with Gasteiger partial charge in [0.05, 0.1) is 12.1 Å². The second-order valence-corrected chi connectivity index (χ2v) is 9.89. The molecule has 1 heterocycles. The van der Waals surface area contributed by atoms with Gasteiger partial charge in [-0.3, -0.25) is 4.79 Å². The van der Waals surface area contributed by atoms with Crippen LogP contribution in [0.5, 0.6) is 17.2 Å². The Morgan fingerprint density at radius 3 is 2.35 bits per heavy atom. The third kappa shape index (κ3) is 5.58. The largest absolute Gasteiger partial charge is 0.495 e. The van der Waals surface area contributed by atoms with Gasteiger partial charge >= 0.3 is 0 Å². The summed E-state index contributed by atoms with van der Waals surface area (Å²) in [6.45, 7) is 8.73. The Labute approximate surface area is 189 Å². The molecular formula is C25H29ClN2O3. The maximum absolute atomic E-state index is 13.0. The van der Waals surface area contributed by atoms with E-state index < -0.39 is 0 Å². The normalized spacial score (nSPS) is 17.6. The molecule has 2 aromatic rings. The summed E-state index contributed by atoms with van der Waals surface area (Å²) >= 11 is 6.42. The van der Waals surface area contributed by atoms with Gasteiger partial charge in [-0.25, -0.2) is 0 Å². The number of hydrogen-bond donors (Lipinski definition) is 1. The lowest BCUT2D eigenvalue weighted by Crippen LogP contribution is -2.57. The molecule has 1 N–H and O–H groups in total. The van der Waals surface area contributed by atoms with Crippen LogP contribution in [0.2, 0.25) is 5.02 Å². The molecule has 2 aromatic carbocycles. The summed E-state index contributed by atoms with van der Waals surface area (Å²) in [6.07, 6.45) is 2.38. The fraction of sp³-hybridized carbons (Fsp3) is 0.440. The molecule has 1 aliphatic rings. The molecular weight excluding hydrogens is 412 g/mol. The molecule has 0 spiro atoms. The Morgan fingerprint density at radius 2 is 1.77 bits per heavy atom. The summed E-state index contributed by atoms with van der Waals surface area (Å²) in [7, 11) is 1.50. The van der Waals surface area contributed by atoms with Crippen molar-refractivity contribution < 1.29 is 14.3 Å². The Morgan fingerprint density at radius 1 is 1.13 bits per heavy atom. The molecule has 0 saturated carbocycles. The highest BCUT2D eigenvalue weighted by Crippen LogP contribution is 2.37. The third-order valence-corrected chi connectivity index (χ3v) is 5.84. The highest BCUT2D eigenvalue weighted by molar-refractivity contribution is 6.32. The number of piperidine rings is 1. The van der Waals surface area contributed by atoms with Crippen molar-refractivity contribution in [2.45, 2.75) is 58.0 Å². The lowest BCUT2D eigenvalue weighted by Gasteiger charge is -2.46. The van der Waals surface area contributed by atoms with Crippen LogP contribution in [0.4, 0.5) is 0 Å². The molecule has 164 valence electrons. The Kier molecular flexibility index (Phi) is 6.64. The summed E-state index contributed by atoms with van der Waals surface area (Å²) in [5.41, 5.74) is 0.851. The number of halogens is 1. The van der Waals surface area contributed by atoms with Crippen LogP contribution in [-0.2, 0) is 0 Å². The highest BCUT2D eigenvalue weighted by atomic mass is 35.5. The molecule has 0 bridgehead atoms. The minimum Gasteiger partial charge on any atom is -0.495 e. The number of Topliss-reactive ketones (excluding diaryl/α,β-unsaturated/α-hetero) is 1. The first-order chi connectivity index (χ1) is 14.5. The first-order valence-corrected chi connectivity index (χ1v) is 10.8. The van der Waals surface area contributed by atoms with E-state index >= 15 is 0 Å². The summed E-state index contributed by atoms with van der Waals surface area (Å²) in [5, 5.41) is 13.4. The number of ketones is 1. The van der Waals surface area contributed by atoms with Crippen LogP contribution in [0, 0.1) is 17.2 Å². The van der Waals surface area contributed by atoms with Crippen LogP contribution >= 0.6 is 11.6 Å². The molecule has 6 heteroatoms. The van der Waals surface area contributed by atoms with Gasteiger partial charge in [0.2, 0.25) is 0 Å². The fourth-order valence-electron chi connectivity index (χ4n) is 4.81. The average molecular weight is 441 g/mol. The van der Waals surface area contributed by atoms with Crippen molar-refractivity contribution in [3.8, 4) is 23.3 Å². The minimum absolute atomic E-state index is 0.00275. The molecule has 0 aromatic heterocycles. The van der Waals surface area contributed by atoms with Crippen molar-refractivity contribution in [3.63, 3.8) is 0 Å². The van der Waals surface area contributed by atoms with Crippen LogP contribution in [0.3, 0.4) is 0 Å². The summed E-state index contributed by atoms with van der Waals surface area (Å²) in [6, 6.07) is 12.2. The van der Waals surface area contributed by atoms with Gasteiger partial charge in [-0.05, 0) is 76.8 Å². The number of methoxy groups -OCH3 is 1. The van der Waals surface area contributed by atoms with Crippen molar-refractivity contribution in [1.29, 1.82) is 5.26 Å². The standard InChI is InChI=1S/C25H29ClN2O3/c1-24(2)13-16(14-25(3,4)28-24)11-20(29)17-9-10-23(19(26)12-17)31-22-8-6-7-21(30-5)18(22)15-27/h6-10,12,16,28H,11,13-14H2,1-5H3. The van der Waals surface area contributed by atoms with E-state index in [-0.39, 0.29) is 22.4 Å². The maximum atomic E-state index is 13.0. The molecule has 0 amide bonds. The minimum atomic E-state index is -0.00275. The van der Waals surface area contributed by atoms with E-state index in [1.54, 1.807) is 36.4 Å². The fourth-order valence-corrected chi connectivity index (χ4v) is 5.03. The third-order valence-electron chi connectivity index (χ3n) is 5.54. The first kappa shape index (κ1) is 23.1. The monoisotopic (exact) mass is 440 g/mol. The Balaban J connectivity index is 1.75. The number of carbonyl (C=O) groups excluding carboxylic acids is 1. The lowest BCUT2D eigenvalue weighted by atomic mass is 9.74. The average Bonchev–Trinajstić information content (AvgIpc) is 2.66. The second kappa shape index (κ2) is 8.90. The van der Waals surface area contributed by atoms with Crippen molar-refractivity contribution in [1.82, 2.24) is 5.32 Å². The second-order valence-electron chi connectivity index (χ2n) is 9.49. The molecule has 3 rings (SSSR count). The zero-order valence-corrected chi connectivity index (χ0v) is 19.5. The quantitative estimate of drug-likeness (QED) is 0.546. The predicted octanol–water partition coefficient (Wildman–Crippen LogP) is 6.14.